The molecule has 1 atom stereocenters. The van der Waals surface area contributed by atoms with Crippen molar-refractivity contribution in [3.05, 3.63) is 118 Å². The Kier molecular flexibility index (Phi) is 10.1. The number of aromatic nitrogens is 1. The van der Waals surface area contributed by atoms with E-state index in [2.05, 4.69) is 36.9 Å². The lowest BCUT2D eigenvalue weighted by Gasteiger charge is -2.13. The molecule has 0 spiro atoms. The fourth-order valence-electron chi connectivity index (χ4n) is 4.06. The minimum absolute atomic E-state index is 0.0837. The molecule has 1 unspecified atom stereocenters. The number of benzene rings is 4. The Bertz CT molecular complexity index is 1840. The monoisotopic (exact) mass is 686 g/mol. The van der Waals surface area contributed by atoms with E-state index in [1.807, 2.05) is 54.6 Å². The Morgan fingerprint density at radius 2 is 1.70 bits per heavy atom. The normalized spacial score (nSPS) is 11.9. The third kappa shape index (κ3) is 8.13. The number of amides is 3. The van der Waals surface area contributed by atoms with Gasteiger partial charge in [0.15, 0.2) is 5.13 Å². The van der Waals surface area contributed by atoms with Gasteiger partial charge in [0.05, 0.1) is 22.6 Å². The summed E-state index contributed by atoms with van der Waals surface area (Å²) in [5.74, 6) is -0.360. The summed E-state index contributed by atoms with van der Waals surface area (Å²) in [4.78, 5) is 44.6. The van der Waals surface area contributed by atoms with E-state index in [0.717, 1.165) is 30.9 Å². The predicted octanol–water partition coefficient (Wildman–Crippen LogP) is 7.60. The second-order valence-corrected chi connectivity index (χ2v) is 12.9. The van der Waals surface area contributed by atoms with Gasteiger partial charge in [-0.3, -0.25) is 14.4 Å². The van der Waals surface area contributed by atoms with Crippen molar-refractivity contribution in [1.82, 2.24) is 10.3 Å². The second kappa shape index (κ2) is 14.3. The van der Waals surface area contributed by atoms with E-state index < -0.39 is 17.1 Å². The van der Waals surface area contributed by atoms with E-state index in [1.165, 1.54) is 23.1 Å². The van der Waals surface area contributed by atoms with Crippen molar-refractivity contribution < 1.29 is 19.1 Å². The zero-order chi connectivity index (χ0) is 31.1. The number of hydrogen-bond donors (Lipinski definition) is 3. The Morgan fingerprint density at radius 1 is 0.932 bits per heavy atom. The van der Waals surface area contributed by atoms with E-state index in [0.29, 0.717) is 16.4 Å². The van der Waals surface area contributed by atoms with Gasteiger partial charge >= 0.3 is 0 Å². The molecule has 5 aromatic rings. The SMILES string of the molecule is COc1ccc2nc(NC(=O)C(C)Sc3cccc(NC(=O)/C(=C/c4ccc(Br)cc4)NC(=O)c4ccccc4)c3)sc2c1. The number of anilines is 2. The predicted molar refractivity (Wildman–Crippen MR) is 181 cm³/mol. The molecule has 11 heteroatoms. The van der Waals surface area contributed by atoms with Crippen LogP contribution in [0.4, 0.5) is 10.8 Å². The molecule has 8 nitrogen and oxygen atoms in total. The van der Waals surface area contributed by atoms with Crippen molar-refractivity contribution in [2.45, 2.75) is 17.1 Å². The number of ether oxygens (including phenoxy) is 1. The summed E-state index contributed by atoms with van der Waals surface area (Å²) >= 11 is 6.14. The summed E-state index contributed by atoms with van der Waals surface area (Å²) < 4.78 is 7.08. The molecule has 0 bridgehead atoms. The molecule has 0 saturated heterocycles. The first-order valence-corrected chi connectivity index (χ1v) is 15.9. The van der Waals surface area contributed by atoms with Crippen LogP contribution < -0.4 is 20.7 Å². The highest BCUT2D eigenvalue weighted by Crippen LogP contribution is 2.31. The Balaban J connectivity index is 1.27. The molecule has 0 radical (unpaired) electrons. The number of fused-ring (bicyclic) bond motifs is 1. The average Bonchev–Trinajstić information content (AvgIpc) is 3.43. The fourth-order valence-corrected chi connectivity index (χ4v) is 6.15. The molecule has 3 N–H and O–H groups in total. The van der Waals surface area contributed by atoms with Crippen molar-refractivity contribution in [1.29, 1.82) is 0 Å². The average molecular weight is 688 g/mol. The Hall–Kier alpha value is -4.45. The third-order valence-electron chi connectivity index (χ3n) is 6.31. The van der Waals surface area contributed by atoms with Crippen LogP contribution >= 0.6 is 39.0 Å². The molecular weight excluding hydrogens is 660 g/mol. The highest BCUT2D eigenvalue weighted by molar-refractivity contribution is 9.10. The van der Waals surface area contributed by atoms with Crippen molar-refractivity contribution in [3.63, 3.8) is 0 Å². The van der Waals surface area contributed by atoms with Gasteiger partial charge in [-0.05, 0) is 79.2 Å². The van der Waals surface area contributed by atoms with Gasteiger partial charge in [-0.2, -0.15) is 0 Å². The smallest absolute Gasteiger partial charge is 0.272 e. The number of halogens is 1. The lowest BCUT2D eigenvalue weighted by Crippen LogP contribution is -2.30. The van der Waals surface area contributed by atoms with Crippen LogP contribution in [0.25, 0.3) is 16.3 Å². The highest BCUT2D eigenvalue weighted by Gasteiger charge is 2.18. The van der Waals surface area contributed by atoms with Crippen LogP contribution in [-0.2, 0) is 9.59 Å². The molecule has 0 aliphatic heterocycles. The maximum atomic E-state index is 13.4. The summed E-state index contributed by atoms with van der Waals surface area (Å²) in [6.45, 7) is 1.81. The Labute approximate surface area is 271 Å². The number of nitrogens with zero attached hydrogens (tertiary/aromatic N) is 1. The molecule has 44 heavy (non-hydrogen) atoms. The quantitative estimate of drug-likeness (QED) is 0.103. The molecule has 0 saturated carbocycles. The molecule has 222 valence electrons. The van der Waals surface area contributed by atoms with Crippen LogP contribution in [0.15, 0.2) is 112 Å². The minimum atomic E-state index is -0.488. The first-order chi connectivity index (χ1) is 21.3. The molecule has 0 fully saturated rings. The van der Waals surface area contributed by atoms with E-state index in [9.17, 15) is 14.4 Å². The topological polar surface area (TPSA) is 109 Å². The van der Waals surface area contributed by atoms with Gasteiger partial charge in [-0.25, -0.2) is 4.98 Å². The number of carbonyl (C=O) groups is 3. The van der Waals surface area contributed by atoms with Gasteiger partial charge in [0, 0.05) is 20.6 Å². The third-order valence-corrected chi connectivity index (χ3v) is 8.87. The van der Waals surface area contributed by atoms with Crippen LogP contribution in [0.2, 0.25) is 0 Å². The number of hydrogen-bond acceptors (Lipinski definition) is 7. The number of carbonyl (C=O) groups excluding carboxylic acids is 3. The first-order valence-electron chi connectivity index (χ1n) is 13.4. The molecule has 1 heterocycles. The number of nitrogens with one attached hydrogen (secondary N) is 3. The van der Waals surface area contributed by atoms with Crippen molar-refractivity contribution in [3.8, 4) is 5.75 Å². The molecule has 5 rings (SSSR count). The minimum Gasteiger partial charge on any atom is -0.497 e. The summed E-state index contributed by atoms with van der Waals surface area (Å²) in [6, 6.07) is 28.8. The maximum Gasteiger partial charge on any atom is 0.272 e. The van der Waals surface area contributed by atoms with E-state index in [-0.39, 0.29) is 11.6 Å². The molecule has 4 aromatic carbocycles. The van der Waals surface area contributed by atoms with Crippen LogP contribution in [0.5, 0.6) is 5.75 Å². The van der Waals surface area contributed by atoms with Crippen molar-refractivity contribution in [2.75, 3.05) is 17.7 Å². The lowest BCUT2D eigenvalue weighted by atomic mass is 10.1. The summed E-state index contributed by atoms with van der Waals surface area (Å²) in [6.07, 6.45) is 1.62. The van der Waals surface area contributed by atoms with Gasteiger partial charge in [-0.15, -0.1) is 11.8 Å². The summed E-state index contributed by atoms with van der Waals surface area (Å²) in [5, 5.41) is 8.58. The van der Waals surface area contributed by atoms with Crippen LogP contribution in [0.3, 0.4) is 0 Å². The first kappa shape index (κ1) is 31.0. The number of rotatable bonds is 10. The van der Waals surface area contributed by atoms with Crippen LogP contribution in [-0.4, -0.2) is 35.1 Å². The molecular formula is C33H27BrN4O4S2. The number of methoxy groups -OCH3 is 1. The highest BCUT2D eigenvalue weighted by atomic mass is 79.9. The van der Waals surface area contributed by atoms with E-state index >= 15 is 0 Å². The lowest BCUT2D eigenvalue weighted by molar-refractivity contribution is -0.115. The number of thioether (sulfide) groups is 1. The fraction of sp³-hybridized carbons (Fsp3) is 0.0909. The summed E-state index contributed by atoms with van der Waals surface area (Å²) in [7, 11) is 1.60. The van der Waals surface area contributed by atoms with Crippen molar-refractivity contribution in [2.24, 2.45) is 0 Å². The maximum absolute atomic E-state index is 13.4. The Morgan fingerprint density at radius 3 is 2.45 bits per heavy atom. The number of thiazole rings is 1. The molecule has 3 amide bonds. The van der Waals surface area contributed by atoms with E-state index in [1.54, 1.807) is 62.6 Å². The zero-order valence-corrected chi connectivity index (χ0v) is 26.9. The van der Waals surface area contributed by atoms with Crippen LogP contribution in [0.1, 0.15) is 22.8 Å². The molecule has 0 aliphatic rings. The van der Waals surface area contributed by atoms with Gasteiger partial charge in [0.25, 0.3) is 11.8 Å². The van der Waals surface area contributed by atoms with Crippen LogP contribution in [0, 0.1) is 0 Å². The second-order valence-electron chi connectivity index (χ2n) is 9.51. The summed E-state index contributed by atoms with van der Waals surface area (Å²) in [5.41, 5.74) is 2.55. The standard InChI is InChI=1S/C33H27BrN4O4S2/c1-20(30(39)38-33-37-27-16-15-25(42-2)19-29(27)44-33)43-26-10-6-9-24(18-26)35-32(41)28(17-21-11-13-23(34)14-12-21)36-31(40)22-7-4-3-5-8-22/h3-20H,1-2H3,(H,35,41)(H,36,40)(H,37,38,39)/b28-17-. The zero-order valence-electron chi connectivity index (χ0n) is 23.7. The van der Waals surface area contributed by atoms with Gasteiger partial charge in [0.2, 0.25) is 5.91 Å². The largest absolute Gasteiger partial charge is 0.497 e. The van der Waals surface area contributed by atoms with Gasteiger partial charge < -0.3 is 20.7 Å². The molecule has 0 aliphatic carbocycles. The van der Waals surface area contributed by atoms with Gasteiger partial charge in [-0.1, -0.05) is 63.7 Å². The molecule has 1 aromatic heterocycles. The van der Waals surface area contributed by atoms with Gasteiger partial charge in [0.1, 0.15) is 11.4 Å². The van der Waals surface area contributed by atoms with E-state index in [4.69, 9.17) is 4.74 Å². The van der Waals surface area contributed by atoms with Crippen molar-refractivity contribution >= 4 is 83.9 Å².